The second-order valence-electron chi connectivity index (χ2n) is 7.01. The summed E-state index contributed by atoms with van der Waals surface area (Å²) < 4.78 is 1.23. The highest BCUT2D eigenvalue weighted by Crippen LogP contribution is 2.29. The summed E-state index contributed by atoms with van der Waals surface area (Å²) >= 11 is 3.79. The van der Waals surface area contributed by atoms with Crippen molar-refractivity contribution in [2.24, 2.45) is 0 Å². The van der Waals surface area contributed by atoms with Crippen molar-refractivity contribution < 1.29 is 0 Å². The molecule has 2 aromatic rings. The second kappa shape index (κ2) is 7.18. The second-order valence-corrected chi connectivity index (χ2v) is 7.86. The molecule has 2 aliphatic rings. The van der Waals surface area contributed by atoms with E-state index in [9.17, 15) is 0 Å². The number of nitrogens with zero attached hydrogens (tertiary/aromatic N) is 2. The minimum atomic E-state index is 0.987. The van der Waals surface area contributed by atoms with Crippen molar-refractivity contribution in [1.29, 1.82) is 0 Å². The van der Waals surface area contributed by atoms with Gasteiger partial charge in [0.05, 0.1) is 0 Å². The van der Waals surface area contributed by atoms with Crippen molar-refractivity contribution in [3.05, 3.63) is 58.1 Å². The SMILES string of the molecule is Brc1cc(N2CCCC2)ccc1Cc1ccc(N2CCCC2)cc1. The molecule has 2 aliphatic heterocycles. The zero-order chi connectivity index (χ0) is 16.4. The van der Waals surface area contributed by atoms with Crippen LogP contribution in [0.3, 0.4) is 0 Å². The molecule has 0 amide bonds. The van der Waals surface area contributed by atoms with E-state index in [-0.39, 0.29) is 0 Å². The van der Waals surface area contributed by atoms with E-state index in [2.05, 4.69) is 68.2 Å². The Balaban J connectivity index is 1.46. The van der Waals surface area contributed by atoms with Crippen LogP contribution in [0, 0.1) is 0 Å². The molecule has 0 aromatic heterocycles. The van der Waals surface area contributed by atoms with Crippen LogP contribution in [0.15, 0.2) is 46.9 Å². The van der Waals surface area contributed by atoms with Crippen LogP contribution >= 0.6 is 15.9 Å². The van der Waals surface area contributed by atoms with Gasteiger partial charge in [-0.1, -0.05) is 34.1 Å². The average molecular weight is 385 g/mol. The van der Waals surface area contributed by atoms with Gasteiger partial charge in [0.2, 0.25) is 0 Å². The average Bonchev–Trinajstić information content (AvgIpc) is 3.31. The van der Waals surface area contributed by atoms with E-state index < -0.39 is 0 Å². The molecule has 0 unspecified atom stereocenters. The Labute approximate surface area is 153 Å². The summed E-state index contributed by atoms with van der Waals surface area (Å²) in [5.74, 6) is 0. The maximum atomic E-state index is 3.79. The largest absolute Gasteiger partial charge is 0.372 e. The van der Waals surface area contributed by atoms with Gasteiger partial charge in [-0.25, -0.2) is 0 Å². The summed E-state index contributed by atoms with van der Waals surface area (Å²) in [5.41, 5.74) is 5.48. The van der Waals surface area contributed by atoms with Crippen LogP contribution in [-0.4, -0.2) is 26.2 Å². The molecule has 0 aliphatic carbocycles. The summed E-state index contributed by atoms with van der Waals surface area (Å²) in [5, 5.41) is 0. The van der Waals surface area contributed by atoms with Crippen LogP contribution in [0.25, 0.3) is 0 Å². The molecule has 0 bridgehead atoms. The molecule has 2 aromatic carbocycles. The van der Waals surface area contributed by atoms with E-state index in [4.69, 9.17) is 0 Å². The molecule has 2 heterocycles. The van der Waals surface area contributed by atoms with Crippen molar-refractivity contribution >= 4 is 27.3 Å². The smallest absolute Gasteiger partial charge is 0.0377 e. The number of halogens is 1. The molecule has 4 rings (SSSR count). The van der Waals surface area contributed by atoms with E-state index in [1.54, 1.807) is 0 Å². The van der Waals surface area contributed by atoms with E-state index in [1.165, 1.54) is 78.8 Å². The predicted octanol–water partition coefficient (Wildman–Crippen LogP) is 5.24. The van der Waals surface area contributed by atoms with Crippen molar-refractivity contribution in [2.75, 3.05) is 36.0 Å². The Kier molecular flexibility index (Phi) is 4.79. The molecule has 2 nitrogen and oxygen atoms in total. The highest BCUT2D eigenvalue weighted by Gasteiger charge is 2.14. The van der Waals surface area contributed by atoms with E-state index in [1.807, 2.05) is 0 Å². The lowest BCUT2D eigenvalue weighted by Gasteiger charge is -2.19. The van der Waals surface area contributed by atoms with E-state index >= 15 is 0 Å². The van der Waals surface area contributed by atoms with Gasteiger partial charge in [-0.15, -0.1) is 0 Å². The van der Waals surface area contributed by atoms with Crippen molar-refractivity contribution in [3.8, 4) is 0 Å². The number of anilines is 2. The van der Waals surface area contributed by atoms with Crippen LogP contribution in [0.1, 0.15) is 36.8 Å². The third-order valence-corrected chi connectivity index (χ3v) is 6.05. The quantitative estimate of drug-likeness (QED) is 0.710. The highest BCUT2D eigenvalue weighted by molar-refractivity contribution is 9.10. The molecular formula is C21H25BrN2. The maximum absolute atomic E-state index is 3.79. The highest BCUT2D eigenvalue weighted by atomic mass is 79.9. The van der Waals surface area contributed by atoms with Crippen LogP contribution in [-0.2, 0) is 6.42 Å². The first-order valence-corrected chi connectivity index (χ1v) is 9.96. The molecule has 2 saturated heterocycles. The zero-order valence-corrected chi connectivity index (χ0v) is 15.8. The summed E-state index contributed by atoms with van der Waals surface area (Å²) in [7, 11) is 0. The van der Waals surface area contributed by atoms with Crippen molar-refractivity contribution in [2.45, 2.75) is 32.1 Å². The van der Waals surface area contributed by atoms with Gasteiger partial charge < -0.3 is 9.80 Å². The molecule has 3 heteroatoms. The Bertz CT molecular complexity index is 683. The summed E-state index contributed by atoms with van der Waals surface area (Å²) in [6, 6.07) is 16.0. The van der Waals surface area contributed by atoms with Gasteiger partial charge in [-0.05, 0) is 67.5 Å². The van der Waals surface area contributed by atoms with Gasteiger partial charge in [-0.3, -0.25) is 0 Å². The number of hydrogen-bond donors (Lipinski definition) is 0. The van der Waals surface area contributed by atoms with Gasteiger partial charge in [0, 0.05) is 42.0 Å². The normalized spacial score (nSPS) is 17.7. The minimum Gasteiger partial charge on any atom is -0.372 e. The maximum Gasteiger partial charge on any atom is 0.0377 e. The summed E-state index contributed by atoms with van der Waals surface area (Å²) in [4.78, 5) is 4.98. The van der Waals surface area contributed by atoms with E-state index in [0.29, 0.717) is 0 Å². The van der Waals surface area contributed by atoms with Crippen molar-refractivity contribution in [3.63, 3.8) is 0 Å². The first kappa shape index (κ1) is 16.0. The lowest BCUT2D eigenvalue weighted by molar-refractivity contribution is 0.949. The predicted molar refractivity (Wildman–Crippen MR) is 106 cm³/mol. The topological polar surface area (TPSA) is 6.48 Å². The Morgan fingerprint density at radius 3 is 1.83 bits per heavy atom. The number of hydrogen-bond acceptors (Lipinski definition) is 2. The Morgan fingerprint density at radius 2 is 1.25 bits per heavy atom. The minimum absolute atomic E-state index is 0.987. The first-order chi connectivity index (χ1) is 11.8. The third-order valence-electron chi connectivity index (χ3n) is 5.31. The zero-order valence-electron chi connectivity index (χ0n) is 14.2. The lowest BCUT2D eigenvalue weighted by Crippen LogP contribution is -2.17. The molecule has 0 saturated carbocycles. The standard InChI is InChI=1S/C21H25BrN2/c22-21-16-20(24-13-3-4-14-24)10-7-18(21)15-17-5-8-19(9-6-17)23-11-1-2-12-23/h5-10,16H,1-4,11-15H2. The van der Waals surface area contributed by atoms with Gasteiger partial charge in [0.1, 0.15) is 0 Å². The van der Waals surface area contributed by atoms with Gasteiger partial charge in [-0.2, -0.15) is 0 Å². The Hall–Kier alpha value is -1.48. The van der Waals surface area contributed by atoms with E-state index in [0.717, 1.165) is 6.42 Å². The van der Waals surface area contributed by atoms with Crippen LogP contribution < -0.4 is 9.80 Å². The summed E-state index contributed by atoms with van der Waals surface area (Å²) in [6.45, 7) is 4.82. The molecular weight excluding hydrogens is 360 g/mol. The van der Waals surface area contributed by atoms with Crippen molar-refractivity contribution in [1.82, 2.24) is 0 Å². The van der Waals surface area contributed by atoms with Crippen LogP contribution in [0.2, 0.25) is 0 Å². The molecule has 2 fully saturated rings. The molecule has 24 heavy (non-hydrogen) atoms. The molecule has 0 radical (unpaired) electrons. The van der Waals surface area contributed by atoms with Gasteiger partial charge in [0.15, 0.2) is 0 Å². The molecule has 126 valence electrons. The van der Waals surface area contributed by atoms with Gasteiger partial charge >= 0.3 is 0 Å². The lowest BCUT2D eigenvalue weighted by atomic mass is 10.0. The fraction of sp³-hybridized carbons (Fsp3) is 0.429. The molecule has 0 spiro atoms. The molecule has 0 atom stereocenters. The molecule has 0 N–H and O–H groups in total. The fourth-order valence-corrected chi connectivity index (χ4v) is 4.38. The van der Waals surface area contributed by atoms with Crippen LogP contribution in [0.5, 0.6) is 0 Å². The number of rotatable bonds is 4. The fourth-order valence-electron chi connectivity index (χ4n) is 3.87. The van der Waals surface area contributed by atoms with Crippen LogP contribution in [0.4, 0.5) is 11.4 Å². The van der Waals surface area contributed by atoms with Gasteiger partial charge in [0.25, 0.3) is 0 Å². The summed E-state index contributed by atoms with van der Waals surface area (Å²) in [6.07, 6.45) is 6.29. The number of benzene rings is 2. The first-order valence-electron chi connectivity index (χ1n) is 9.17. The monoisotopic (exact) mass is 384 g/mol. The Morgan fingerprint density at radius 1 is 0.708 bits per heavy atom. The third kappa shape index (κ3) is 3.46.